The van der Waals surface area contributed by atoms with Gasteiger partial charge in [-0.3, -0.25) is 4.90 Å². The van der Waals surface area contributed by atoms with Gasteiger partial charge in [0.1, 0.15) is 0 Å². The largest absolute Gasteiger partial charge is 0.380 e. The van der Waals surface area contributed by atoms with Crippen molar-refractivity contribution in [3.8, 4) is 0 Å². The molecule has 64 valence electrons. The predicted octanol–water partition coefficient (Wildman–Crippen LogP) is -0.321. The molecular weight excluding hydrogens is 140 g/mol. The molecule has 0 aliphatic carbocycles. The summed E-state index contributed by atoms with van der Waals surface area (Å²) < 4.78 is 5.33. The van der Waals surface area contributed by atoms with Crippen LogP contribution in [0.1, 0.15) is 6.42 Å². The van der Waals surface area contributed by atoms with Gasteiger partial charge in [-0.25, -0.2) is 0 Å². The minimum atomic E-state index is 0.486. The SMILES string of the molecule is CO[C@@H]1C[C@H]2CNCCN2C1. The van der Waals surface area contributed by atoms with Gasteiger partial charge in [-0.1, -0.05) is 0 Å². The van der Waals surface area contributed by atoms with Crippen molar-refractivity contribution in [2.45, 2.75) is 18.6 Å². The van der Waals surface area contributed by atoms with Crippen LogP contribution in [0.25, 0.3) is 0 Å². The molecule has 0 aromatic rings. The first-order valence-electron chi connectivity index (χ1n) is 4.37. The summed E-state index contributed by atoms with van der Waals surface area (Å²) in [4.78, 5) is 2.53. The van der Waals surface area contributed by atoms with Gasteiger partial charge in [0.25, 0.3) is 0 Å². The molecule has 2 rings (SSSR count). The van der Waals surface area contributed by atoms with Crippen LogP contribution in [0.15, 0.2) is 0 Å². The molecule has 2 fully saturated rings. The van der Waals surface area contributed by atoms with E-state index < -0.39 is 0 Å². The Kier molecular flexibility index (Phi) is 2.11. The van der Waals surface area contributed by atoms with Crippen LogP contribution in [-0.2, 0) is 4.74 Å². The van der Waals surface area contributed by atoms with Crippen LogP contribution in [0.3, 0.4) is 0 Å². The van der Waals surface area contributed by atoms with Gasteiger partial charge in [-0.2, -0.15) is 0 Å². The smallest absolute Gasteiger partial charge is 0.0713 e. The Balaban J connectivity index is 1.92. The van der Waals surface area contributed by atoms with E-state index in [1.165, 1.54) is 13.0 Å². The predicted molar refractivity (Wildman–Crippen MR) is 43.6 cm³/mol. The third-order valence-electron chi connectivity index (χ3n) is 2.78. The molecule has 3 nitrogen and oxygen atoms in total. The van der Waals surface area contributed by atoms with Crippen LogP contribution in [-0.4, -0.2) is 50.3 Å². The van der Waals surface area contributed by atoms with E-state index >= 15 is 0 Å². The summed E-state index contributed by atoms with van der Waals surface area (Å²) in [6, 6.07) is 0.744. The van der Waals surface area contributed by atoms with Gasteiger partial charge in [0, 0.05) is 39.3 Å². The number of nitrogens with one attached hydrogen (secondary N) is 1. The van der Waals surface area contributed by atoms with E-state index in [9.17, 15) is 0 Å². The third kappa shape index (κ3) is 1.41. The molecule has 0 bridgehead atoms. The fraction of sp³-hybridized carbons (Fsp3) is 1.00. The second-order valence-corrected chi connectivity index (χ2v) is 3.45. The Morgan fingerprint density at radius 3 is 3.18 bits per heavy atom. The van der Waals surface area contributed by atoms with E-state index in [4.69, 9.17) is 4.74 Å². The summed E-state index contributed by atoms with van der Waals surface area (Å²) in [6.07, 6.45) is 1.70. The average Bonchev–Trinajstić information content (AvgIpc) is 2.46. The maximum atomic E-state index is 5.33. The van der Waals surface area contributed by atoms with Gasteiger partial charge in [0.05, 0.1) is 6.10 Å². The maximum absolute atomic E-state index is 5.33. The van der Waals surface area contributed by atoms with E-state index in [-0.39, 0.29) is 0 Å². The van der Waals surface area contributed by atoms with E-state index in [0.29, 0.717) is 6.10 Å². The summed E-state index contributed by atoms with van der Waals surface area (Å²) in [6.45, 7) is 4.64. The lowest BCUT2D eigenvalue weighted by Gasteiger charge is -2.29. The van der Waals surface area contributed by atoms with Crippen molar-refractivity contribution in [2.75, 3.05) is 33.3 Å². The molecule has 0 saturated carbocycles. The molecule has 0 amide bonds. The minimum Gasteiger partial charge on any atom is -0.380 e. The first kappa shape index (κ1) is 7.53. The second-order valence-electron chi connectivity index (χ2n) is 3.45. The fourth-order valence-corrected chi connectivity index (χ4v) is 2.09. The highest BCUT2D eigenvalue weighted by atomic mass is 16.5. The Morgan fingerprint density at radius 2 is 2.45 bits per heavy atom. The number of ether oxygens (including phenoxy) is 1. The molecule has 2 atom stereocenters. The van der Waals surface area contributed by atoms with Crippen molar-refractivity contribution in [3.05, 3.63) is 0 Å². The van der Waals surface area contributed by atoms with Crippen LogP contribution < -0.4 is 5.32 Å². The normalized spacial score (nSPS) is 39.0. The second kappa shape index (κ2) is 3.09. The molecule has 0 aromatic carbocycles. The zero-order valence-electron chi connectivity index (χ0n) is 7.05. The van der Waals surface area contributed by atoms with Crippen LogP contribution in [0.4, 0.5) is 0 Å². The molecule has 2 heterocycles. The van der Waals surface area contributed by atoms with Gasteiger partial charge < -0.3 is 10.1 Å². The highest BCUT2D eigenvalue weighted by molar-refractivity contribution is 4.90. The van der Waals surface area contributed by atoms with E-state index in [2.05, 4.69) is 10.2 Å². The summed E-state index contributed by atoms with van der Waals surface area (Å²) in [5, 5.41) is 3.40. The Morgan fingerprint density at radius 1 is 1.55 bits per heavy atom. The minimum absolute atomic E-state index is 0.486. The topological polar surface area (TPSA) is 24.5 Å². The van der Waals surface area contributed by atoms with Gasteiger partial charge in [-0.15, -0.1) is 0 Å². The Bertz CT molecular complexity index is 126. The first-order valence-corrected chi connectivity index (χ1v) is 4.37. The molecule has 0 radical (unpaired) electrons. The van der Waals surface area contributed by atoms with Crippen molar-refractivity contribution >= 4 is 0 Å². The van der Waals surface area contributed by atoms with Crippen molar-refractivity contribution in [1.82, 2.24) is 10.2 Å². The standard InChI is InChI=1S/C8H16N2O/c1-11-8-4-7-5-9-2-3-10(7)6-8/h7-9H,2-6H2,1H3/t7-,8+/m0/s1. The zero-order valence-corrected chi connectivity index (χ0v) is 7.05. The van der Waals surface area contributed by atoms with Crippen LogP contribution in [0, 0.1) is 0 Å². The summed E-state index contributed by atoms with van der Waals surface area (Å²) in [5.41, 5.74) is 0. The van der Waals surface area contributed by atoms with Crippen molar-refractivity contribution in [2.24, 2.45) is 0 Å². The monoisotopic (exact) mass is 156 g/mol. The van der Waals surface area contributed by atoms with Gasteiger partial charge in [0.2, 0.25) is 0 Å². The number of piperazine rings is 1. The van der Waals surface area contributed by atoms with Crippen molar-refractivity contribution in [1.29, 1.82) is 0 Å². The van der Waals surface area contributed by atoms with Crippen LogP contribution in [0.2, 0.25) is 0 Å². The quantitative estimate of drug-likeness (QED) is 0.563. The molecule has 3 heteroatoms. The van der Waals surface area contributed by atoms with E-state index in [1.54, 1.807) is 0 Å². The number of nitrogens with zero attached hydrogens (tertiary/aromatic N) is 1. The van der Waals surface area contributed by atoms with Crippen molar-refractivity contribution in [3.63, 3.8) is 0 Å². The van der Waals surface area contributed by atoms with Crippen LogP contribution >= 0.6 is 0 Å². The molecule has 11 heavy (non-hydrogen) atoms. The molecular formula is C8H16N2O. The zero-order chi connectivity index (χ0) is 7.68. The Hall–Kier alpha value is -0.120. The number of hydrogen-bond donors (Lipinski definition) is 1. The highest BCUT2D eigenvalue weighted by Gasteiger charge is 2.33. The summed E-state index contributed by atoms with van der Waals surface area (Å²) in [5.74, 6) is 0. The summed E-state index contributed by atoms with van der Waals surface area (Å²) >= 11 is 0. The molecule has 2 saturated heterocycles. The number of methoxy groups -OCH3 is 1. The number of hydrogen-bond acceptors (Lipinski definition) is 3. The van der Waals surface area contributed by atoms with E-state index in [0.717, 1.165) is 25.7 Å². The molecule has 0 aromatic heterocycles. The average molecular weight is 156 g/mol. The van der Waals surface area contributed by atoms with Gasteiger partial charge >= 0.3 is 0 Å². The van der Waals surface area contributed by atoms with Gasteiger partial charge in [0.15, 0.2) is 0 Å². The first-order chi connectivity index (χ1) is 5.40. The molecule has 2 aliphatic heterocycles. The maximum Gasteiger partial charge on any atom is 0.0713 e. The molecule has 1 N–H and O–H groups in total. The number of fused-ring (bicyclic) bond motifs is 1. The Labute approximate surface area is 67.7 Å². The van der Waals surface area contributed by atoms with Gasteiger partial charge in [-0.05, 0) is 6.42 Å². The lowest BCUT2D eigenvalue weighted by molar-refractivity contribution is 0.108. The molecule has 2 aliphatic rings. The van der Waals surface area contributed by atoms with Crippen LogP contribution in [0.5, 0.6) is 0 Å². The molecule has 0 unspecified atom stereocenters. The fourth-order valence-electron chi connectivity index (χ4n) is 2.09. The van der Waals surface area contributed by atoms with E-state index in [1.807, 2.05) is 7.11 Å². The number of rotatable bonds is 1. The summed E-state index contributed by atoms with van der Waals surface area (Å²) in [7, 11) is 1.82. The third-order valence-corrected chi connectivity index (χ3v) is 2.78. The highest BCUT2D eigenvalue weighted by Crippen LogP contribution is 2.20. The lowest BCUT2D eigenvalue weighted by atomic mass is 10.2. The molecule has 0 spiro atoms. The lowest BCUT2D eigenvalue weighted by Crippen LogP contribution is -2.47. The van der Waals surface area contributed by atoms with Crippen molar-refractivity contribution < 1.29 is 4.74 Å².